The van der Waals surface area contributed by atoms with Gasteiger partial charge in [-0.25, -0.2) is 4.79 Å². The molecule has 2 amide bonds. The standard InChI is InChI=1S/C15H26N4O2/c16-15(20)18-8-5-14(18)17-6-3-12(4-7-17)19(11-1-2-11)13-9-21-10-13/h11-14H,1-10H2,(H2,16,20). The third-order valence-electron chi connectivity index (χ3n) is 5.62. The Bertz CT molecular complexity index is 402. The van der Waals surface area contributed by atoms with Crippen LogP contribution in [0.4, 0.5) is 4.79 Å². The summed E-state index contributed by atoms with van der Waals surface area (Å²) in [6, 6.07) is 1.94. The summed E-state index contributed by atoms with van der Waals surface area (Å²) in [7, 11) is 0. The minimum Gasteiger partial charge on any atom is -0.378 e. The Kier molecular flexibility index (Phi) is 3.55. The van der Waals surface area contributed by atoms with E-state index in [2.05, 4.69) is 9.80 Å². The van der Waals surface area contributed by atoms with Crippen molar-refractivity contribution in [2.45, 2.75) is 56.4 Å². The van der Waals surface area contributed by atoms with Gasteiger partial charge in [0.25, 0.3) is 0 Å². The molecule has 1 aliphatic carbocycles. The molecule has 0 aromatic carbocycles. The molecule has 0 radical (unpaired) electrons. The molecule has 6 nitrogen and oxygen atoms in total. The fourth-order valence-corrected chi connectivity index (χ4v) is 4.15. The predicted molar refractivity (Wildman–Crippen MR) is 78.8 cm³/mol. The average Bonchev–Trinajstić information content (AvgIpc) is 3.16. The van der Waals surface area contributed by atoms with Crippen LogP contribution in [-0.4, -0.2) is 77.9 Å². The maximum absolute atomic E-state index is 11.3. The van der Waals surface area contributed by atoms with E-state index in [0.717, 1.165) is 45.3 Å². The lowest BCUT2D eigenvalue weighted by Gasteiger charge is -2.51. The van der Waals surface area contributed by atoms with Gasteiger partial charge in [-0.15, -0.1) is 0 Å². The zero-order valence-electron chi connectivity index (χ0n) is 12.6. The third-order valence-corrected chi connectivity index (χ3v) is 5.62. The minimum absolute atomic E-state index is 0.264. The van der Waals surface area contributed by atoms with Gasteiger partial charge in [0.05, 0.1) is 25.4 Å². The van der Waals surface area contributed by atoms with Crippen LogP contribution in [0.15, 0.2) is 0 Å². The van der Waals surface area contributed by atoms with Crippen LogP contribution in [0.3, 0.4) is 0 Å². The Balaban J connectivity index is 1.32. The van der Waals surface area contributed by atoms with E-state index in [1.165, 1.54) is 25.7 Å². The lowest BCUT2D eigenvalue weighted by atomic mass is 9.97. The van der Waals surface area contributed by atoms with Gasteiger partial charge in [0.1, 0.15) is 0 Å². The van der Waals surface area contributed by atoms with E-state index in [4.69, 9.17) is 10.5 Å². The molecule has 1 atom stereocenters. The Morgan fingerprint density at radius 3 is 2.05 bits per heavy atom. The van der Waals surface area contributed by atoms with Crippen molar-refractivity contribution in [3.05, 3.63) is 0 Å². The van der Waals surface area contributed by atoms with Gasteiger partial charge < -0.3 is 15.4 Å². The van der Waals surface area contributed by atoms with Gasteiger partial charge in [0.2, 0.25) is 0 Å². The zero-order chi connectivity index (χ0) is 14.4. The number of amides is 2. The van der Waals surface area contributed by atoms with Gasteiger partial charge >= 0.3 is 6.03 Å². The molecule has 1 unspecified atom stereocenters. The van der Waals surface area contributed by atoms with Crippen LogP contribution in [0.1, 0.15) is 32.1 Å². The van der Waals surface area contributed by atoms with Crippen LogP contribution in [0.2, 0.25) is 0 Å². The van der Waals surface area contributed by atoms with Crippen molar-refractivity contribution in [2.75, 3.05) is 32.8 Å². The van der Waals surface area contributed by atoms with E-state index >= 15 is 0 Å². The fraction of sp³-hybridized carbons (Fsp3) is 0.933. The first-order chi connectivity index (χ1) is 10.2. The van der Waals surface area contributed by atoms with E-state index in [0.29, 0.717) is 12.1 Å². The number of hydrogen-bond donors (Lipinski definition) is 1. The number of nitrogens with zero attached hydrogens (tertiary/aromatic N) is 3. The Hall–Kier alpha value is -0.850. The molecule has 3 saturated heterocycles. The summed E-state index contributed by atoms with van der Waals surface area (Å²) in [5, 5.41) is 0. The van der Waals surface area contributed by atoms with Crippen LogP contribution in [0, 0.1) is 0 Å². The van der Waals surface area contributed by atoms with Gasteiger partial charge in [-0.1, -0.05) is 0 Å². The van der Waals surface area contributed by atoms with E-state index < -0.39 is 0 Å². The number of hydrogen-bond acceptors (Lipinski definition) is 4. The highest BCUT2D eigenvalue weighted by molar-refractivity contribution is 5.73. The van der Waals surface area contributed by atoms with Crippen molar-refractivity contribution in [3.63, 3.8) is 0 Å². The number of piperidine rings is 1. The highest BCUT2D eigenvalue weighted by atomic mass is 16.5. The van der Waals surface area contributed by atoms with Gasteiger partial charge in [0.15, 0.2) is 0 Å². The molecule has 0 spiro atoms. The lowest BCUT2D eigenvalue weighted by molar-refractivity contribution is -0.0974. The van der Waals surface area contributed by atoms with Crippen molar-refractivity contribution < 1.29 is 9.53 Å². The van der Waals surface area contributed by atoms with Crippen molar-refractivity contribution in [1.82, 2.24) is 14.7 Å². The summed E-state index contributed by atoms with van der Waals surface area (Å²) in [5.74, 6) is 0. The predicted octanol–water partition coefficient (Wildman–Crippen LogP) is 0.425. The van der Waals surface area contributed by atoms with Crippen molar-refractivity contribution >= 4 is 6.03 Å². The Morgan fingerprint density at radius 2 is 1.62 bits per heavy atom. The van der Waals surface area contributed by atoms with E-state index in [9.17, 15) is 4.79 Å². The van der Waals surface area contributed by atoms with E-state index in [-0.39, 0.29) is 12.2 Å². The summed E-state index contributed by atoms with van der Waals surface area (Å²) in [6.07, 6.45) is 6.52. The monoisotopic (exact) mass is 294 g/mol. The molecule has 118 valence electrons. The number of urea groups is 1. The van der Waals surface area contributed by atoms with Gasteiger partial charge in [-0.05, 0) is 32.1 Å². The summed E-state index contributed by atoms with van der Waals surface area (Å²) >= 11 is 0. The maximum atomic E-state index is 11.3. The number of primary amides is 1. The molecule has 21 heavy (non-hydrogen) atoms. The van der Waals surface area contributed by atoms with Crippen LogP contribution < -0.4 is 5.73 Å². The molecule has 0 aromatic rings. The quantitative estimate of drug-likeness (QED) is 0.816. The van der Waals surface area contributed by atoms with Gasteiger partial charge in [-0.3, -0.25) is 9.80 Å². The summed E-state index contributed by atoms with van der Waals surface area (Å²) in [4.78, 5) is 18.4. The van der Waals surface area contributed by atoms with E-state index in [1.807, 2.05) is 0 Å². The molecule has 4 fully saturated rings. The van der Waals surface area contributed by atoms with E-state index in [1.54, 1.807) is 4.90 Å². The summed E-state index contributed by atoms with van der Waals surface area (Å²) < 4.78 is 5.40. The second-order valence-electron chi connectivity index (χ2n) is 6.94. The first-order valence-corrected chi connectivity index (χ1v) is 8.39. The summed E-state index contributed by atoms with van der Waals surface area (Å²) in [5.41, 5.74) is 5.42. The van der Waals surface area contributed by atoms with Crippen molar-refractivity contribution in [1.29, 1.82) is 0 Å². The zero-order valence-corrected chi connectivity index (χ0v) is 12.6. The highest BCUT2D eigenvalue weighted by Crippen LogP contribution is 2.36. The Labute approximate surface area is 126 Å². The lowest BCUT2D eigenvalue weighted by Crippen LogP contribution is -2.64. The smallest absolute Gasteiger partial charge is 0.316 e. The molecule has 1 saturated carbocycles. The highest BCUT2D eigenvalue weighted by Gasteiger charge is 2.43. The molecule has 0 aromatic heterocycles. The SMILES string of the molecule is NC(=O)N1CCC1N1CCC(N(C2CC2)C2COC2)CC1. The molecule has 6 heteroatoms. The average molecular weight is 294 g/mol. The number of likely N-dealkylation sites (tertiary alicyclic amines) is 2. The molecular weight excluding hydrogens is 268 g/mol. The number of ether oxygens (including phenoxy) is 1. The largest absolute Gasteiger partial charge is 0.378 e. The maximum Gasteiger partial charge on any atom is 0.316 e. The number of rotatable bonds is 4. The normalized spacial score (nSPS) is 32.0. The fourth-order valence-electron chi connectivity index (χ4n) is 4.15. The number of nitrogens with two attached hydrogens (primary N) is 1. The molecule has 3 heterocycles. The molecule has 3 aliphatic heterocycles. The Morgan fingerprint density at radius 1 is 0.952 bits per heavy atom. The van der Waals surface area contributed by atoms with Crippen molar-refractivity contribution in [2.24, 2.45) is 5.73 Å². The third kappa shape index (κ3) is 2.53. The molecule has 0 bridgehead atoms. The molecule has 4 rings (SSSR count). The first kappa shape index (κ1) is 13.8. The molecular formula is C15H26N4O2. The summed E-state index contributed by atoms with van der Waals surface area (Å²) in [6.45, 7) is 4.86. The number of carbonyl (C=O) groups is 1. The molecule has 2 N–H and O–H groups in total. The van der Waals surface area contributed by atoms with Gasteiger partial charge in [0, 0.05) is 31.7 Å². The topological polar surface area (TPSA) is 62.0 Å². The van der Waals surface area contributed by atoms with Crippen LogP contribution >= 0.6 is 0 Å². The van der Waals surface area contributed by atoms with Crippen molar-refractivity contribution in [3.8, 4) is 0 Å². The number of carbonyl (C=O) groups excluding carboxylic acids is 1. The van der Waals surface area contributed by atoms with Crippen LogP contribution in [0.5, 0.6) is 0 Å². The second kappa shape index (κ2) is 5.41. The van der Waals surface area contributed by atoms with Gasteiger partial charge in [-0.2, -0.15) is 0 Å². The minimum atomic E-state index is -0.264. The molecule has 4 aliphatic rings. The second-order valence-corrected chi connectivity index (χ2v) is 6.94. The van der Waals surface area contributed by atoms with Crippen LogP contribution in [-0.2, 0) is 4.74 Å². The first-order valence-electron chi connectivity index (χ1n) is 8.39. The van der Waals surface area contributed by atoms with Crippen LogP contribution in [0.25, 0.3) is 0 Å².